The Morgan fingerprint density at radius 1 is 1.11 bits per heavy atom. The maximum Gasteiger partial charge on any atom is 0.261 e. The molecule has 0 bridgehead atoms. The molecule has 28 heavy (non-hydrogen) atoms. The number of aryl methyl sites for hydroxylation is 1. The number of likely N-dealkylation sites (N-methyl/N-ethyl adjacent to an activating group) is 1. The van der Waals surface area contributed by atoms with Gasteiger partial charge in [0.15, 0.2) is 0 Å². The molecule has 0 saturated carbocycles. The molecule has 1 unspecified atom stereocenters. The van der Waals surface area contributed by atoms with Crippen molar-refractivity contribution in [3.8, 4) is 0 Å². The lowest BCUT2D eigenvalue weighted by Gasteiger charge is -2.22. The monoisotopic (exact) mass is 401 g/mol. The van der Waals surface area contributed by atoms with E-state index in [1.165, 1.54) is 12.1 Å². The second-order valence-electron chi connectivity index (χ2n) is 7.13. The Bertz CT molecular complexity index is 909. The third-order valence-electron chi connectivity index (χ3n) is 5.13. The van der Waals surface area contributed by atoms with Crippen molar-refractivity contribution in [3.05, 3.63) is 59.7 Å². The van der Waals surface area contributed by atoms with Crippen LogP contribution in [0.4, 0.5) is 5.69 Å². The fraction of sp³-hybridized carbons (Fsp3) is 0.381. The first-order valence-corrected chi connectivity index (χ1v) is 11.1. The van der Waals surface area contributed by atoms with Gasteiger partial charge in [-0.15, -0.1) is 0 Å². The first-order chi connectivity index (χ1) is 13.4. The van der Waals surface area contributed by atoms with Gasteiger partial charge in [-0.25, -0.2) is 8.42 Å². The Morgan fingerprint density at radius 3 is 2.43 bits per heavy atom. The number of benzene rings is 2. The highest BCUT2D eigenvalue weighted by atomic mass is 32.2. The molecule has 1 heterocycles. The number of carbonyl (C=O) groups excluding carboxylic acids is 1. The molecule has 2 N–H and O–H groups in total. The largest absolute Gasteiger partial charge is 0.350 e. The zero-order valence-corrected chi connectivity index (χ0v) is 17.1. The van der Waals surface area contributed by atoms with E-state index in [4.69, 9.17) is 0 Å². The predicted molar refractivity (Wildman–Crippen MR) is 111 cm³/mol. The van der Waals surface area contributed by atoms with Crippen LogP contribution in [0, 0.1) is 6.92 Å². The van der Waals surface area contributed by atoms with Gasteiger partial charge >= 0.3 is 0 Å². The lowest BCUT2D eigenvalue weighted by molar-refractivity contribution is 0.0941. The fourth-order valence-corrected chi connectivity index (χ4v) is 4.53. The fourth-order valence-electron chi connectivity index (χ4n) is 3.48. The number of rotatable bonds is 7. The van der Waals surface area contributed by atoms with Gasteiger partial charge in [-0.05, 0) is 69.3 Å². The lowest BCUT2D eigenvalue weighted by Crippen LogP contribution is -2.40. The van der Waals surface area contributed by atoms with Crippen LogP contribution in [0.15, 0.2) is 53.4 Å². The van der Waals surface area contributed by atoms with Gasteiger partial charge < -0.3 is 5.32 Å². The molecule has 150 valence electrons. The summed E-state index contributed by atoms with van der Waals surface area (Å²) in [5.74, 6) is -0.182. The SMILES string of the molecule is CCN1CCCC1CNC(=O)c1ccc(S(=O)(=O)Nc2ccc(C)cc2)cc1. The van der Waals surface area contributed by atoms with Gasteiger partial charge in [-0.3, -0.25) is 14.4 Å². The third-order valence-corrected chi connectivity index (χ3v) is 6.53. The summed E-state index contributed by atoms with van der Waals surface area (Å²) in [6.07, 6.45) is 2.25. The normalized spacial score (nSPS) is 17.4. The van der Waals surface area contributed by atoms with Crippen molar-refractivity contribution in [1.82, 2.24) is 10.2 Å². The molecule has 0 radical (unpaired) electrons. The molecule has 0 aliphatic carbocycles. The number of anilines is 1. The van der Waals surface area contributed by atoms with Crippen molar-refractivity contribution in [1.29, 1.82) is 0 Å². The number of carbonyl (C=O) groups is 1. The molecular weight excluding hydrogens is 374 g/mol. The minimum atomic E-state index is -3.69. The van der Waals surface area contributed by atoms with E-state index in [1.54, 1.807) is 24.3 Å². The molecular formula is C21H27N3O3S. The van der Waals surface area contributed by atoms with Gasteiger partial charge in [0.1, 0.15) is 0 Å². The molecule has 2 aromatic rings. The summed E-state index contributed by atoms with van der Waals surface area (Å²) in [6.45, 7) is 6.75. The highest BCUT2D eigenvalue weighted by Crippen LogP contribution is 2.18. The first-order valence-electron chi connectivity index (χ1n) is 9.61. The van der Waals surface area contributed by atoms with Crippen molar-refractivity contribution in [2.45, 2.75) is 37.6 Å². The number of hydrogen-bond acceptors (Lipinski definition) is 4. The number of sulfonamides is 1. The van der Waals surface area contributed by atoms with Crippen molar-refractivity contribution in [2.24, 2.45) is 0 Å². The Balaban J connectivity index is 1.62. The summed E-state index contributed by atoms with van der Waals surface area (Å²) >= 11 is 0. The van der Waals surface area contributed by atoms with Gasteiger partial charge in [0.05, 0.1) is 4.90 Å². The van der Waals surface area contributed by atoms with Crippen LogP contribution in [0.1, 0.15) is 35.7 Å². The van der Waals surface area contributed by atoms with Gasteiger partial charge in [0.25, 0.3) is 15.9 Å². The molecule has 1 atom stereocenters. The van der Waals surface area contributed by atoms with Gasteiger partial charge in [0, 0.05) is 23.8 Å². The first kappa shape index (κ1) is 20.4. The Hall–Kier alpha value is -2.38. The zero-order chi connectivity index (χ0) is 20.1. The second-order valence-corrected chi connectivity index (χ2v) is 8.81. The smallest absolute Gasteiger partial charge is 0.261 e. The molecule has 0 spiro atoms. The minimum Gasteiger partial charge on any atom is -0.350 e. The quantitative estimate of drug-likeness (QED) is 0.748. The number of hydrogen-bond donors (Lipinski definition) is 2. The van der Waals surface area contributed by atoms with Gasteiger partial charge in [-0.2, -0.15) is 0 Å². The zero-order valence-electron chi connectivity index (χ0n) is 16.3. The molecule has 1 fully saturated rings. The highest BCUT2D eigenvalue weighted by molar-refractivity contribution is 7.92. The Labute approximate surface area is 167 Å². The van der Waals surface area contributed by atoms with Crippen molar-refractivity contribution in [3.63, 3.8) is 0 Å². The van der Waals surface area contributed by atoms with Crippen LogP contribution >= 0.6 is 0 Å². The van der Waals surface area contributed by atoms with Crippen LogP contribution in [-0.4, -0.2) is 44.9 Å². The number of amides is 1. The molecule has 1 amide bonds. The summed E-state index contributed by atoms with van der Waals surface area (Å²) < 4.78 is 27.6. The van der Waals surface area contributed by atoms with Crippen molar-refractivity contribution >= 4 is 21.6 Å². The average Bonchev–Trinajstić information content (AvgIpc) is 3.15. The van der Waals surface area contributed by atoms with E-state index in [1.807, 2.05) is 19.1 Å². The minimum absolute atomic E-state index is 0.123. The predicted octanol–water partition coefficient (Wildman–Crippen LogP) is 3.01. The molecule has 3 rings (SSSR count). The van der Waals surface area contributed by atoms with E-state index in [0.717, 1.165) is 31.5 Å². The van der Waals surface area contributed by atoms with Crippen LogP contribution in [0.5, 0.6) is 0 Å². The van der Waals surface area contributed by atoms with Crippen LogP contribution in [0.2, 0.25) is 0 Å². The summed E-state index contributed by atoms with van der Waals surface area (Å²) in [6, 6.07) is 13.5. The Morgan fingerprint density at radius 2 is 1.79 bits per heavy atom. The van der Waals surface area contributed by atoms with E-state index < -0.39 is 10.0 Å². The standard InChI is InChI=1S/C21H27N3O3S/c1-3-24-14-4-5-19(24)15-22-21(25)17-8-12-20(13-9-17)28(26,27)23-18-10-6-16(2)7-11-18/h6-13,19,23H,3-5,14-15H2,1-2H3,(H,22,25). The molecule has 1 aliphatic heterocycles. The number of nitrogens with zero attached hydrogens (tertiary/aromatic N) is 1. The summed E-state index contributed by atoms with van der Waals surface area (Å²) in [4.78, 5) is 14.9. The maximum atomic E-state index is 12.5. The van der Waals surface area contributed by atoms with E-state index in [9.17, 15) is 13.2 Å². The van der Waals surface area contributed by atoms with Gasteiger partial charge in [0.2, 0.25) is 0 Å². The van der Waals surface area contributed by atoms with E-state index in [-0.39, 0.29) is 10.8 Å². The highest BCUT2D eigenvalue weighted by Gasteiger charge is 2.23. The number of likely N-dealkylation sites (tertiary alicyclic amines) is 1. The van der Waals surface area contributed by atoms with Gasteiger partial charge in [-0.1, -0.05) is 24.6 Å². The van der Waals surface area contributed by atoms with E-state index in [2.05, 4.69) is 21.9 Å². The molecule has 0 aromatic heterocycles. The topological polar surface area (TPSA) is 78.5 Å². The van der Waals surface area contributed by atoms with Crippen LogP contribution in [0.25, 0.3) is 0 Å². The van der Waals surface area contributed by atoms with Crippen LogP contribution < -0.4 is 10.0 Å². The lowest BCUT2D eigenvalue weighted by atomic mass is 10.2. The average molecular weight is 402 g/mol. The number of nitrogens with one attached hydrogen (secondary N) is 2. The Kier molecular flexibility index (Phi) is 6.36. The van der Waals surface area contributed by atoms with Crippen LogP contribution in [0.3, 0.4) is 0 Å². The van der Waals surface area contributed by atoms with Crippen LogP contribution in [-0.2, 0) is 10.0 Å². The maximum absolute atomic E-state index is 12.5. The van der Waals surface area contributed by atoms with Crippen molar-refractivity contribution < 1.29 is 13.2 Å². The van der Waals surface area contributed by atoms with E-state index >= 15 is 0 Å². The molecule has 2 aromatic carbocycles. The molecule has 1 aliphatic rings. The summed E-state index contributed by atoms with van der Waals surface area (Å²) in [5, 5.41) is 2.96. The van der Waals surface area contributed by atoms with Crippen molar-refractivity contribution in [2.75, 3.05) is 24.4 Å². The molecule has 7 heteroatoms. The summed E-state index contributed by atoms with van der Waals surface area (Å²) in [7, 11) is -3.69. The van der Waals surface area contributed by atoms with E-state index in [0.29, 0.717) is 23.8 Å². The third kappa shape index (κ3) is 4.91. The molecule has 1 saturated heterocycles. The second kappa shape index (κ2) is 8.75. The molecule has 6 nitrogen and oxygen atoms in total. The summed E-state index contributed by atoms with van der Waals surface area (Å²) in [5.41, 5.74) is 2.01.